The Hall–Kier alpha value is -2.86. The van der Waals surface area contributed by atoms with Gasteiger partial charge in [-0.2, -0.15) is 0 Å². The zero-order valence-corrected chi connectivity index (χ0v) is 36.7. The Morgan fingerprint density at radius 3 is 1.64 bits per heavy atom. The monoisotopic (exact) mass is 831 g/mol. The molecule has 6 atom stereocenters. The van der Waals surface area contributed by atoms with Gasteiger partial charge in [0.05, 0.1) is 13.2 Å². The molecule has 1 aliphatic heterocycles. The SMILES string of the molecule is CCCCC/C=C/C/C=C/C/C=C/C/C=C/CCCCCC(=O)OC[C@@H](CO[C@H]1O[C@@H](CO)[C@@H](O)C(O)C1O)OC(=O)/C=C/C=C/CCCCCCCCCCCCC. The van der Waals surface area contributed by atoms with Crippen LogP contribution < -0.4 is 0 Å². The standard InChI is InChI=1S/C49H82O10/c1-3-5-7-9-11-13-15-17-19-20-21-22-24-25-27-29-31-33-35-37-44(51)56-40-42(41-57-49-48(55)47(54)46(53)43(39-50)59-49)58-45(52)38-36-34-32-30-28-26-23-18-16-14-12-10-8-6-4-2/h11,13,17,19,21-22,25,27,32,34,36,38,42-43,46-50,53-55H,3-10,12,14-16,18,20,23-24,26,28-31,33,35,37,39-41H2,1-2H3/b13-11+,19-17+,22-21+,27-25+,34-32+,38-36+/t42-,43-,46+,47?,48?,49-/m0/s1. The molecule has 0 saturated carbocycles. The number of ether oxygens (including phenoxy) is 4. The Labute approximate surface area is 357 Å². The molecule has 4 N–H and O–H groups in total. The first kappa shape index (κ1) is 54.2. The Morgan fingerprint density at radius 2 is 1.07 bits per heavy atom. The van der Waals surface area contributed by atoms with E-state index < -0.39 is 55.4 Å². The minimum atomic E-state index is -1.62. The van der Waals surface area contributed by atoms with Crippen molar-refractivity contribution in [2.45, 2.75) is 205 Å². The third-order valence-corrected chi connectivity index (χ3v) is 10.2. The smallest absolute Gasteiger partial charge is 0.331 e. The van der Waals surface area contributed by atoms with Crippen LogP contribution in [0.2, 0.25) is 0 Å². The van der Waals surface area contributed by atoms with Gasteiger partial charge in [-0.1, -0.05) is 164 Å². The van der Waals surface area contributed by atoms with Crippen LogP contribution in [0.5, 0.6) is 0 Å². The van der Waals surface area contributed by atoms with Crippen molar-refractivity contribution in [1.29, 1.82) is 0 Å². The van der Waals surface area contributed by atoms with Crippen LogP contribution in [0.25, 0.3) is 0 Å². The molecule has 0 bridgehead atoms. The average molecular weight is 831 g/mol. The van der Waals surface area contributed by atoms with E-state index in [1.54, 1.807) is 12.2 Å². The van der Waals surface area contributed by atoms with Crippen LogP contribution in [-0.2, 0) is 28.5 Å². The van der Waals surface area contributed by atoms with E-state index >= 15 is 0 Å². The molecule has 10 heteroatoms. The number of carbonyl (C=O) groups excluding carboxylic acids is 2. The van der Waals surface area contributed by atoms with Gasteiger partial charge in [0.15, 0.2) is 12.4 Å². The number of rotatable bonds is 37. The van der Waals surface area contributed by atoms with Crippen molar-refractivity contribution in [1.82, 2.24) is 0 Å². The highest BCUT2D eigenvalue weighted by Crippen LogP contribution is 2.22. The molecule has 0 radical (unpaired) electrons. The molecule has 2 unspecified atom stereocenters. The van der Waals surface area contributed by atoms with Gasteiger partial charge >= 0.3 is 11.9 Å². The van der Waals surface area contributed by atoms with Gasteiger partial charge in [0.25, 0.3) is 0 Å². The van der Waals surface area contributed by atoms with Gasteiger partial charge < -0.3 is 39.4 Å². The Morgan fingerprint density at radius 1 is 0.576 bits per heavy atom. The maximum Gasteiger partial charge on any atom is 0.331 e. The molecule has 1 heterocycles. The van der Waals surface area contributed by atoms with Gasteiger partial charge in [-0.15, -0.1) is 0 Å². The molecule has 1 aliphatic rings. The molecule has 338 valence electrons. The predicted molar refractivity (Wildman–Crippen MR) is 238 cm³/mol. The number of unbranched alkanes of at least 4 members (excludes halogenated alkanes) is 17. The fraction of sp³-hybridized carbons (Fsp3) is 0.714. The molecule has 0 aliphatic carbocycles. The molecule has 0 aromatic rings. The van der Waals surface area contributed by atoms with Gasteiger partial charge in [0.2, 0.25) is 0 Å². The lowest BCUT2D eigenvalue weighted by atomic mass is 9.99. The van der Waals surface area contributed by atoms with Crippen LogP contribution in [0.3, 0.4) is 0 Å². The van der Waals surface area contributed by atoms with E-state index in [0.29, 0.717) is 6.42 Å². The molecule has 0 aromatic carbocycles. The van der Waals surface area contributed by atoms with E-state index in [-0.39, 0.29) is 19.6 Å². The Balaban J connectivity index is 2.40. The van der Waals surface area contributed by atoms with E-state index in [1.807, 2.05) is 6.08 Å². The van der Waals surface area contributed by atoms with Gasteiger partial charge in [-0.05, 0) is 64.2 Å². The van der Waals surface area contributed by atoms with Crippen molar-refractivity contribution in [3.63, 3.8) is 0 Å². The maximum atomic E-state index is 12.7. The molecular weight excluding hydrogens is 749 g/mol. The number of carbonyl (C=O) groups is 2. The summed E-state index contributed by atoms with van der Waals surface area (Å²) in [5.74, 6) is -1.10. The summed E-state index contributed by atoms with van der Waals surface area (Å²) in [6, 6.07) is 0. The number of hydrogen-bond acceptors (Lipinski definition) is 10. The molecule has 1 saturated heterocycles. The summed E-state index contributed by atoms with van der Waals surface area (Å²) in [5, 5.41) is 40.0. The lowest BCUT2D eigenvalue weighted by Crippen LogP contribution is -2.59. The fourth-order valence-corrected chi connectivity index (χ4v) is 6.49. The number of aliphatic hydroxyl groups is 4. The van der Waals surface area contributed by atoms with Crippen molar-refractivity contribution >= 4 is 11.9 Å². The first-order valence-corrected chi connectivity index (χ1v) is 23.0. The number of aliphatic hydroxyl groups excluding tert-OH is 4. The summed E-state index contributed by atoms with van der Waals surface area (Å²) >= 11 is 0. The molecule has 0 aromatic heterocycles. The highest BCUT2D eigenvalue weighted by molar-refractivity contribution is 5.82. The third kappa shape index (κ3) is 30.8. The maximum absolute atomic E-state index is 12.7. The second-order valence-electron chi connectivity index (χ2n) is 15.6. The topological polar surface area (TPSA) is 152 Å². The largest absolute Gasteiger partial charge is 0.462 e. The van der Waals surface area contributed by atoms with Crippen molar-refractivity contribution in [3.8, 4) is 0 Å². The first-order chi connectivity index (χ1) is 28.8. The minimum Gasteiger partial charge on any atom is -0.462 e. The first-order valence-electron chi connectivity index (χ1n) is 23.0. The molecular formula is C49H82O10. The van der Waals surface area contributed by atoms with Crippen molar-refractivity contribution in [2.75, 3.05) is 19.8 Å². The Bertz CT molecular complexity index is 1190. The quantitative estimate of drug-likeness (QED) is 0.0157. The van der Waals surface area contributed by atoms with Crippen molar-refractivity contribution < 1.29 is 49.0 Å². The summed E-state index contributed by atoms with van der Waals surface area (Å²) in [6.07, 6.45) is 42.5. The fourth-order valence-electron chi connectivity index (χ4n) is 6.49. The number of allylic oxidation sites excluding steroid dienone is 11. The van der Waals surface area contributed by atoms with Crippen LogP contribution in [0.4, 0.5) is 0 Å². The van der Waals surface area contributed by atoms with Gasteiger partial charge in [-0.25, -0.2) is 4.79 Å². The minimum absolute atomic E-state index is 0.215. The van der Waals surface area contributed by atoms with Crippen molar-refractivity contribution in [2.24, 2.45) is 0 Å². The van der Waals surface area contributed by atoms with Crippen LogP contribution >= 0.6 is 0 Å². The number of esters is 2. The summed E-state index contributed by atoms with van der Waals surface area (Å²) in [5.41, 5.74) is 0. The highest BCUT2D eigenvalue weighted by Gasteiger charge is 2.44. The lowest BCUT2D eigenvalue weighted by molar-refractivity contribution is -0.305. The van der Waals surface area contributed by atoms with Crippen molar-refractivity contribution in [3.05, 3.63) is 72.9 Å². The van der Waals surface area contributed by atoms with Gasteiger partial charge in [-0.3, -0.25) is 4.79 Å². The molecule has 1 rings (SSSR count). The third-order valence-electron chi connectivity index (χ3n) is 10.2. The molecule has 1 fully saturated rings. The van der Waals surface area contributed by atoms with E-state index in [0.717, 1.165) is 51.4 Å². The van der Waals surface area contributed by atoms with Crippen LogP contribution in [0, 0.1) is 0 Å². The zero-order valence-electron chi connectivity index (χ0n) is 36.7. The normalized spacial score (nSPS) is 20.7. The average Bonchev–Trinajstić information content (AvgIpc) is 3.23. The van der Waals surface area contributed by atoms with Gasteiger partial charge in [0, 0.05) is 12.5 Å². The van der Waals surface area contributed by atoms with Crippen LogP contribution in [-0.4, -0.2) is 89.0 Å². The highest BCUT2D eigenvalue weighted by atomic mass is 16.7. The molecule has 0 spiro atoms. The van der Waals surface area contributed by atoms with E-state index in [2.05, 4.69) is 62.5 Å². The summed E-state index contributed by atoms with van der Waals surface area (Å²) in [4.78, 5) is 25.2. The zero-order chi connectivity index (χ0) is 43.0. The summed E-state index contributed by atoms with van der Waals surface area (Å²) in [6.45, 7) is 3.24. The van der Waals surface area contributed by atoms with E-state index in [1.165, 1.54) is 96.0 Å². The lowest BCUT2D eigenvalue weighted by Gasteiger charge is -2.39. The predicted octanol–water partition coefficient (Wildman–Crippen LogP) is 10.00. The van der Waals surface area contributed by atoms with Crippen LogP contribution in [0.1, 0.15) is 168 Å². The van der Waals surface area contributed by atoms with Crippen LogP contribution in [0.15, 0.2) is 72.9 Å². The second kappa shape index (κ2) is 39.3. The molecule has 59 heavy (non-hydrogen) atoms. The molecule has 10 nitrogen and oxygen atoms in total. The van der Waals surface area contributed by atoms with Gasteiger partial charge in [0.1, 0.15) is 31.0 Å². The van der Waals surface area contributed by atoms with E-state index in [4.69, 9.17) is 18.9 Å². The molecule has 0 amide bonds. The second-order valence-corrected chi connectivity index (χ2v) is 15.6. The summed E-state index contributed by atoms with van der Waals surface area (Å²) in [7, 11) is 0. The Kier molecular flexibility index (Phi) is 36.1. The number of hydrogen-bond donors (Lipinski definition) is 4. The van der Waals surface area contributed by atoms with E-state index in [9.17, 15) is 30.0 Å². The summed E-state index contributed by atoms with van der Waals surface area (Å²) < 4.78 is 21.9.